The van der Waals surface area contributed by atoms with Crippen molar-refractivity contribution in [1.82, 2.24) is 54.6 Å². The lowest BCUT2D eigenvalue weighted by Gasteiger charge is -2.18. The number of aromatic amines is 5. The molecule has 0 saturated carbocycles. The highest BCUT2D eigenvalue weighted by atomic mass is 15.1. The summed E-state index contributed by atoms with van der Waals surface area (Å²) in [7, 11) is 2.09. The number of para-hydroxylation sites is 7. The summed E-state index contributed by atoms with van der Waals surface area (Å²) in [5, 5.41) is 13.8. The maximum atomic E-state index is 4.66. The van der Waals surface area contributed by atoms with Gasteiger partial charge in [0.1, 0.15) is 17.3 Å². The molecule has 14 aromatic rings. The highest BCUT2D eigenvalue weighted by molar-refractivity contribution is 5.84. The zero-order chi connectivity index (χ0) is 72.8. The standard InChI is InChI=1S/C14H17N.C13H18N2.2C13H17N.3C12H16N2/c1-14(2,3)9-11-8-12-6-4-5-7-13(12)15-10-11;1-13(2,3)9-12-14-10-7-5-6-8-11(10)15(12)4;1-13(2,3)9-10-4-5-12-11(8-10)6-7-14-12;1-13(2,3)9-11-6-4-5-10-7-8-14-12(10)11;1-12(2,3)8-9-4-6-13-11-10(9)5-7-14-11;1-12(2,3)8-11-13-9-6-4-5-7-10(9)14-11;1-12(2,3)8-11-9-6-4-5-7-10(9)13-14-11/h4-8,10H,9H2,1-3H3;5-8H,9H2,1-4H3;2*4-8,14H,9H2,1-3H3;3*4-7H,8H2,1-3H3,(H,13,14). The highest BCUT2D eigenvalue weighted by Gasteiger charge is 2.20. The Kier molecular flexibility index (Phi) is 24.9. The van der Waals surface area contributed by atoms with Gasteiger partial charge in [0, 0.05) is 83.8 Å². The molecule has 0 fully saturated rings. The van der Waals surface area contributed by atoms with E-state index in [1.54, 1.807) is 0 Å². The summed E-state index contributed by atoms with van der Waals surface area (Å²) < 4.78 is 2.20. The van der Waals surface area contributed by atoms with E-state index >= 15 is 0 Å². The van der Waals surface area contributed by atoms with Gasteiger partial charge in [0.05, 0.1) is 33.1 Å². The van der Waals surface area contributed by atoms with Crippen molar-refractivity contribution in [1.29, 1.82) is 0 Å². The largest absolute Gasteiger partial charge is 0.361 e. The van der Waals surface area contributed by atoms with Crippen LogP contribution in [0.2, 0.25) is 0 Å². The van der Waals surface area contributed by atoms with Gasteiger partial charge in [0.25, 0.3) is 0 Å². The number of fused-ring (bicyclic) bond motifs is 7. The molecule has 0 aliphatic heterocycles. The van der Waals surface area contributed by atoms with Crippen molar-refractivity contribution < 1.29 is 0 Å². The molecule has 5 N–H and O–H groups in total. The fourth-order valence-corrected chi connectivity index (χ4v) is 12.4. The third-order valence-electron chi connectivity index (χ3n) is 16.4. The summed E-state index contributed by atoms with van der Waals surface area (Å²) >= 11 is 0. The van der Waals surface area contributed by atoms with Crippen molar-refractivity contribution in [3.8, 4) is 0 Å². The van der Waals surface area contributed by atoms with Crippen LogP contribution in [-0.2, 0) is 52.0 Å². The average molecular weight is 1340 g/mol. The molecule has 0 aliphatic rings. The molecule has 6 aromatic carbocycles. The molecule has 11 nitrogen and oxygen atoms in total. The molecule has 0 unspecified atom stereocenters. The second-order valence-electron chi connectivity index (χ2n) is 35.7. The van der Waals surface area contributed by atoms with Crippen molar-refractivity contribution in [2.75, 3.05) is 0 Å². The number of hydrogen-bond acceptors (Lipinski definition) is 5. The van der Waals surface area contributed by atoms with Gasteiger partial charge in [-0.1, -0.05) is 230 Å². The molecule has 0 atom stereocenters. The van der Waals surface area contributed by atoms with Crippen LogP contribution in [0.1, 0.15) is 185 Å². The minimum atomic E-state index is 0.286. The van der Waals surface area contributed by atoms with E-state index in [4.69, 9.17) is 0 Å². The van der Waals surface area contributed by atoms with Crippen LogP contribution in [0.25, 0.3) is 76.7 Å². The maximum absolute atomic E-state index is 4.66. The van der Waals surface area contributed by atoms with Gasteiger partial charge in [-0.15, -0.1) is 0 Å². The zero-order valence-corrected chi connectivity index (χ0v) is 64.6. The third-order valence-corrected chi connectivity index (χ3v) is 16.4. The first-order chi connectivity index (χ1) is 46.8. The van der Waals surface area contributed by atoms with Crippen LogP contribution in [0.4, 0.5) is 0 Å². The Labute approximate surface area is 597 Å². The smallest absolute Gasteiger partial charge is 0.137 e. The molecule has 100 heavy (non-hydrogen) atoms. The summed E-state index contributed by atoms with van der Waals surface area (Å²) in [5.41, 5.74) is 19.2. The highest BCUT2D eigenvalue weighted by Crippen LogP contribution is 2.30. The number of hydrogen-bond donors (Lipinski definition) is 5. The molecule has 0 amide bonds. The van der Waals surface area contributed by atoms with Gasteiger partial charge < -0.3 is 24.5 Å². The van der Waals surface area contributed by atoms with Crippen LogP contribution in [0, 0.1) is 37.9 Å². The van der Waals surface area contributed by atoms with Crippen molar-refractivity contribution in [2.24, 2.45) is 45.0 Å². The van der Waals surface area contributed by atoms with E-state index in [1.165, 1.54) is 77.3 Å². The summed E-state index contributed by atoms with van der Waals surface area (Å²) in [6.45, 7) is 47.3. The lowest BCUT2D eigenvalue weighted by Crippen LogP contribution is -2.12. The van der Waals surface area contributed by atoms with E-state index in [-0.39, 0.29) is 10.8 Å². The summed E-state index contributed by atoms with van der Waals surface area (Å²) in [6.07, 6.45) is 17.3. The quantitative estimate of drug-likeness (QED) is 0.108. The van der Waals surface area contributed by atoms with Gasteiger partial charge >= 0.3 is 0 Å². The molecule has 8 heterocycles. The van der Waals surface area contributed by atoms with E-state index in [0.29, 0.717) is 27.1 Å². The first-order valence-electron chi connectivity index (χ1n) is 35.9. The first-order valence-corrected chi connectivity index (χ1v) is 35.9. The number of aromatic nitrogens is 11. The first kappa shape index (κ1) is 76.7. The van der Waals surface area contributed by atoms with E-state index < -0.39 is 0 Å². The summed E-state index contributed by atoms with van der Waals surface area (Å²) in [5.74, 6) is 2.25. The van der Waals surface area contributed by atoms with Crippen LogP contribution in [0.3, 0.4) is 0 Å². The number of rotatable bonds is 7. The van der Waals surface area contributed by atoms with Crippen molar-refractivity contribution in [3.63, 3.8) is 0 Å². The molecule has 0 bridgehead atoms. The van der Waals surface area contributed by atoms with Crippen LogP contribution in [-0.4, -0.2) is 54.6 Å². The van der Waals surface area contributed by atoms with Crippen LogP contribution in [0.15, 0.2) is 195 Å². The van der Waals surface area contributed by atoms with Crippen LogP contribution < -0.4 is 0 Å². The number of nitrogens with zero attached hydrogens (tertiary/aromatic N) is 6. The Morgan fingerprint density at radius 2 is 0.920 bits per heavy atom. The molecule has 0 spiro atoms. The molecule has 0 radical (unpaired) electrons. The van der Waals surface area contributed by atoms with E-state index in [0.717, 1.165) is 84.0 Å². The lowest BCUT2D eigenvalue weighted by molar-refractivity contribution is 0.396. The summed E-state index contributed by atoms with van der Waals surface area (Å²) in [4.78, 5) is 30.9. The minimum Gasteiger partial charge on any atom is -0.361 e. The number of imidazole rings is 2. The summed E-state index contributed by atoms with van der Waals surface area (Å²) in [6, 6.07) is 56.8. The SMILES string of the molecule is CC(C)(C)Cc1[nH]nc2ccccc12.CC(C)(C)Cc1ccc2[nH]ccc2c1.CC(C)(C)Cc1cccc2cc[nH]c12.CC(C)(C)Cc1ccnc2[nH]ccc12.CC(C)(C)Cc1cnc2ccccc2c1.CC(C)(C)Cc1nc2ccccc2[nH]1.Cn1c(CC(C)(C)C)nc2ccccc21. The fraction of sp³-hybridized carbons (Fsp3) is 0.404. The average Bonchev–Trinajstić information content (AvgIpc) is 2.17. The van der Waals surface area contributed by atoms with Crippen molar-refractivity contribution in [2.45, 2.75) is 190 Å². The minimum absolute atomic E-state index is 0.286. The second kappa shape index (κ2) is 32.5. The van der Waals surface area contributed by atoms with Gasteiger partial charge in [0.2, 0.25) is 0 Å². The Balaban J connectivity index is 0.000000148. The number of benzene rings is 6. The van der Waals surface area contributed by atoms with Crippen molar-refractivity contribution in [3.05, 3.63) is 234 Å². The Morgan fingerprint density at radius 1 is 0.370 bits per heavy atom. The van der Waals surface area contributed by atoms with E-state index in [1.807, 2.05) is 73.4 Å². The number of H-pyrrole nitrogens is 5. The van der Waals surface area contributed by atoms with Crippen LogP contribution >= 0.6 is 0 Å². The fourth-order valence-electron chi connectivity index (χ4n) is 12.4. The predicted octanol–water partition coefficient (Wildman–Crippen LogP) is 24.0. The van der Waals surface area contributed by atoms with Gasteiger partial charge in [-0.2, -0.15) is 5.10 Å². The zero-order valence-electron chi connectivity index (χ0n) is 64.6. The van der Waals surface area contributed by atoms with Gasteiger partial charge in [0.15, 0.2) is 0 Å². The lowest BCUT2D eigenvalue weighted by atomic mass is 9.87. The van der Waals surface area contributed by atoms with Crippen LogP contribution in [0.5, 0.6) is 0 Å². The van der Waals surface area contributed by atoms with Crippen molar-refractivity contribution >= 4 is 76.7 Å². The molecule has 528 valence electrons. The van der Waals surface area contributed by atoms with Gasteiger partial charge in [-0.3, -0.25) is 10.1 Å². The molecular weight excluding hydrogens is 1220 g/mol. The number of aryl methyl sites for hydroxylation is 1. The molecule has 8 aromatic heterocycles. The van der Waals surface area contributed by atoms with E-state index in [9.17, 15) is 0 Å². The van der Waals surface area contributed by atoms with E-state index in [2.05, 4.69) is 328 Å². The molecule has 0 aliphatic carbocycles. The molecule has 11 heteroatoms. The maximum Gasteiger partial charge on any atom is 0.137 e. The molecule has 0 saturated heterocycles. The predicted molar refractivity (Wildman–Crippen MR) is 429 cm³/mol. The Bertz CT molecular complexity index is 4680. The monoisotopic (exact) mass is 1340 g/mol. The second-order valence-corrected chi connectivity index (χ2v) is 35.7. The topological polar surface area (TPSA) is 148 Å². The number of pyridine rings is 2. The van der Waals surface area contributed by atoms with Gasteiger partial charge in [-0.05, 0) is 182 Å². The Morgan fingerprint density at radius 3 is 1.58 bits per heavy atom. The normalized spacial score (nSPS) is 12.2. The molecular formula is C89H117N11. The third kappa shape index (κ3) is 24.7. The number of nitrogens with one attached hydrogen (secondary N) is 5. The van der Waals surface area contributed by atoms with Gasteiger partial charge in [-0.25, -0.2) is 15.0 Å². The molecule has 14 rings (SSSR count). The Hall–Kier alpha value is -9.09.